The lowest BCUT2D eigenvalue weighted by atomic mass is 10.2. The van der Waals surface area contributed by atoms with Crippen LogP contribution in [0.2, 0.25) is 0 Å². The minimum absolute atomic E-state index is 0.181. The van der Waals surface area contributed by atoms with Gasteiger partial charge in [0, 0.05) is 18.3 Å². The zero-order chi connectivity index (χ0) is 14.7. The molecule has 2 heterocycles. The van der Waals surface area contributed by atoms with E-state index in [-0.39, 0.29) is 24.4 Å². The van der Waals surface area contributed by atoms with Crippen LogP contribution < -0.4 is 10.6 Å². The van der Waals surface area contributed by atoms with Crippen LogP contribution in [-0.2, 0) is 16.1 Å². The van der Waals surface area contributed by atoms with Gasteiger partial charge in [-0.2, -0.15) is 0 Å². The third-order valence-electron chi connectivity index (χ3n) is 3.14. The van der Waals surface area contributed by atoms with Crippen molar-refractivity contribution < 1.29 is 9.59 Å². The molecule has 0 aliphatic carbocycles. The monoisotopic (exact) mass is 277 g/mol. The highest BCUT2D eigenvalue weighted by Gasteiger charge is 2.30. The Bertz CT molecular complexity index is 531. The molecule has 7 heteroatoms. The number of nitrogens with zero attached hydrogens (tertiary/aromatic N) is 3. The smallest absolute Gasteiger partial charge is 0.243 e. The quantitative estimate of drug-likeness (QED) is 0.757. The SMILES string of the molecule is CCNc1cc(C)nc(CN2CC(=O)NC(=O)C2C)n1. The number of nitrogens with one attached hydrogen (secondary N) is 2. The molecule has 1 aliphatic heterocycles. The van der Waals surface area contributed by atoms with Gasteiger partial charge in [0.25, 0.3) is 0 Å². The van der Waals surface area contributed by atoms with Crippen molar-refractivity contribution in [3.63, 3.8) is 0 Å². The average molecular weight is 277 g/mol. The fourth-order valence-corrected chi connectivity index (χ4v) is 2.12. The summed E-state index contributed by atoms with van der Waals surface area (Å²) in [7, 11) is 0. The molecule has 1 atom stereocenters. The van der Waals surface area contributed by atoms with E-state index in [4.69, 9.17) is 0 Å². The molecule has 108 valence electrons. The second kappa shape index (κ2) is 5.96. The molecule has 0 bridgehead atoms. The Morgan fingerprint density at radius 2 is 2.20 bits per heavy atom. The van der Waals surface area contributed by atoms with Gasteiger partial charge >= 0.3 is 0 Å². The second-order valence-electron chi connectivity index (χ2n) is 4.83. The number of carbonyl (C=O) groups is 2. The number of hydrogen-bond acceptors (Lipinski definition) is 6. The van der Waals surface area contributed by atoms with Crippen LogP contribution in [0.1, 0.15) is 25.4 Å². The van der Waals surface area contributed by atoms with E-state index < -0.39 is 0 Å². The number of amides is 2. The maximum Gasteiger partial charge on any atom is 0.243 e. The molecule has 20 heavy (non-hydrogen) atoms. The molecule has 1 saturated heterocycles. The summed E-state index contributed by atoms with van der Waals surface area (Å²) in [5.74, 6) is 0.805. The van der Waals surface area contributed by atoms with Crippen molar-refractivity contribution in [3.8, 4) is 0 Å². The van der Waals surface area contributed by atoms with Crippen LogP contribution in [-0.4, -0.2) is 45.8 Å². The maximum absolute atomic E-state index is 11.6. The van der Waals surface area contributed by atoms with Crippen molar-refractivity contribution in [1.29, 1.82) is 0 Å². The molecule has 0 radical (unpaired) electrons. The van der Waals surface area contributed by atoms with Crippen LogP contribution >= 0.6 is 0 Å². The van der Waals surface area contributed by atoms with Crippen LogP contribution in [0.3, 0.4) is 0 Å². The summed E-state index contributed by atoms with van der Waals surface area (Å²) >= 11 is 0. The van der Waals surface area contributed by atoms with Crippen molar-refractivity contribution >= 4 is 17.6 Å². The standard InChI is InChI=1S/C13H19N5O2/c1-4-14-10-5-8(2)15-11(16-10)6-18-7-12(19)17-13(20)9(18)3/h5,9H,4,6-7H2,1-3H3,(H,14,15,16)(H,17,19,20). The van der Waals surface area contributed by atoms with Crippen molar-refractivity contribution in [1.82, 2.24) is 20.2 Å². The van der Waals surface area contributed by atoms with Crippen LogP contribution in [0.4, 0.5) is 5.82 Å². The van der Waals surface area contributed by atoms with Gasteiger partial charge in [0.1, 0.15) is 11.6 Å². The first-order chi connectivity index (χ1) is 9.49. The minimum Gasteiger partial charge on any atom is -0.370 e. The molecule has 0 aromatic carbocycles. The molecule has 2 amide bonds. The maximum atomic E-state index is 11.6. The lowest BCUT2D eigenvalue weighted by Gasteiger charge is -2.30. The number of aromatic nitrogens is 2. The summed E-state index contributed by atoms with van der Waals surface area (Å²) in [4.78, 5) is 33.6. The highest BCUT2D eigenvalue weighted by atomic mass is 16.2. The van der Waals surface area contributed by atoms with Gasteiger partial charge < -0.3 is 5.32 Å². The molecule has 7 nitrogen and oxygen atoms in total. The number of anilines is 1. The number of hydrogen-bond donors (Lipinski definition) is 2. The Kier molecular flexibility index (Phi) is 4.29. The molecule has 1 aromatic heterocycles. The molecule has 1 aliphatic rings. The summed E-state index contributed by atoms with van der Waals surface area (Å²) in [6, 6.07) is 1.50. The zero-order valence-corrected chi connectivity index (χ0v) is 11.9. The Balaban J connectivity index is 2.16. The number of piperazine rings is 1. The molecule has 0 spiro atoms. The lowest BCUT2D eigenvalue weighted by Crippen LogP contribution is -2.56. The van der Waals surface area contributed by atoms with E-state index >= 15 is 0 Å². The minimum atomic E-state index is -0.362. The summed E-state index contributed by atoms with van der Waals surface area (Å²) < 4.78 is 0. The molecule has 2 rings (SSSR count). The van der Waals surface area contributed by atoms with Gasteiger partial charge in [-0.1, -0.05) is 0 Å². The Morgan fingerprint density at radius 3 is 2.90 bits per heavy atom. The molecule has 2 N–H and O–H groups in total. The van der Waals surface area contributed by atoms with E-state index in [2.05, 4.69) is 20.6 Å². The predicted molar refractivity (Wildman–Crippen MR) is 74.0 cm³/mol. The van der Waals surface area contributed by atoms with Gasteiger partial charge in [-0.15, -0.1) is 0 Å². The average Bonchev–Trinajstić information content (AvgIpc) is 2.35. The molecule has 0 saturated carbocycles. The largest absolute Gasteiger partial charge is 0.370 e. The van der Waals surface area contributed by atoms with Crippen molar-refractivity contribution in [3.05, 3.63) is 17.6 Å². The number of rotatable bonds is 4. The van der Waals surface area contributed by atoms with Gasteiger partial charge in [0.2, 0.25) is 11.8 Å². The zero-order valence-electron chi connectivity index (χ0n) is 11.9. The van der Waals surface area contributed by atoms with E-state index in [1.165, 1.54) is 0 Å². The number of aryl methyl sites for hydroxylation is 1. The van der Waals surface area contributed by atoms with Crippen LogP contribution in [0.25, 0.3) is 0 Å². The van der Waals surface area contributed by atoms with Gasteiger partial charge in [0.15, 0.2) is 0 Å². The molecule has 1 aromatic rings. The highest BCUT2D eigenvalue weighted by molar-refractivity contribution is 6.00. The lowest BCUT2D eigenvalue weighted by molar-refractivity contribution is -0.139. The molecular weight excluding hydrogens is 258 g/mol. The van der Waals surface area contributed by atoms with Gasteiger partial charge in [-0.25, -0.2) is 9.97 Å². The van der Waals surface area contributed by atoms with Crippen LogP contribution in [0.15, 0.2) is 6.07 Å². The fourth-order valence-electron chi connectivity index (χ4n) is 2.12. The summed E-state index contributed by atoms with van der Waals surface area (Å²) in [5, 5.41) is 5.45. The third kappa shape index (κ3) is 3.30. The summed E-state index contributed by atoms with van der Waals surface area (Å²) in [6.45, 7) is 6.98. The van der Waals surface area contributed by atoms with Gasteiger partial charge in [0.05, 0.1) is 19.1 Å². The molecule has 1 fully saturated rings. The topological polar surface area (TPSA) is 87.2 Å². The third-order valence-corrected chi connectivity index (χ3v) is 3.14. The van der Waals surface area contributed by atoms with E-state index in [9.17, 15) is 9.59 Å². The second-order valence-corrected chi connectivity index (χ2v) is 4.83. The number of carbonyl (C=O) groups excluding carboxylic acids is 2. The van der Waals surface area contributed by atoms with Crippen molar-refractivity contribution in [2.45, 2.75) is 33.4 Å². The van der Waals surface area contributed by atoms with E-state index in [1.54, 1.807) is 11.8 Å². The number of imide groups is 1. The fraction of sp³-hybridized carbons (Fsp3) is 0.538. The first-order valence-corrected chi connectivity index (χ1v) is 6.65. The molecule has 1 unspecified atom stereocenters. The van der Waals surface area contributed by atoms with E-state index in [0.29, 0.717) is 12.4 Å². The first-order valence-electron chi connectivity index (χ1n) is 6.65. The highest BCUT2D eigenvalue weighted by Crippen LogP contribution is 2.11. The Labute approximate surface area is 117 Å². The Morgan fingerprint density at radius 1 is 1.45 bits per heavy atom. The predicted octanol–water partition coefficient (Wildman–Crippen LogP) is 0.0637. The summed E-state index contributed by atoms with van der Waals surface area (Å²) in [6.07, 6.45) is 0. The van der Waals surface area contributed by atoms with Crippen molar-refractivity contribution in [2.24, 2.45) is 0 Å². The molecular formula is C13H19N5O2. The Hall–Kier alpha value is -2.02. The summed E-state index contributed by atoms with van der Waals surface area (Å²) in [5.41, 5.74) is 0.853. The van der Waals surface area contributed by atoms with Crippen LogP contribution in [0, 0.1) is 6.92 Å². The normalized spacial score (nSPS) is 19.9. The van der Waals surface area contributed by atoms with Gasteiger partial charge in [-0.05, 0) is 20.8 Å². The van der Waals surface area contributed by atoms with E-state index in [1.807, 2.05) is 19.9 Å². The van der Waals surface area contributed by atoms with Crippen molar-refractivity contribution in [2.75, 3.05) is 18.4 Å². The van der Waals surface area contributed by atoms with Gasteiger partial charge in [-0.3, -0.25) is 19.8 Å². The first kappa shape index (κ1) is 14.4. The van der Waals surface area contributed by atoms with E-state index in [0.717, 1.165) is 18.1 Å². The van der Waals surface area contributed by atoms with Crippen LogP contribution in [0.5, 0.6) is 0 Å².